The molecule has 5 nitrogen and oxygen atoms in total. The minimum absolute atomic E-state index is 0.134. The van der Waals surface area contributed by atoms with Gasteiger partial charge in [0.05, 0.1) is 6.04 Å². The number of piperazine rings is 1. The molecule has 5 heteroatoms. The van der Waals surface area contributed by atoms with E-state index in [1.807, 2.05) is 11.9 Å². The SMILES string of the molecule is CCCC(CN)N1CCN(C2CCN(C)C2=O)CC1. The first kappa shape index (κ1) is 14.8. The Bertz CT molecular complexity index is 302. The summed E-state index contributed by atoms with van der Waals surface area (Å²) in [5.74, 6) is 0.303. The van der Waals surface area contributed by atoms with Crippen molar-refractivity contribution in [2.45, 2.75) is 38.3 Å². The number of nitrogens with zero attached hydrogens (tertiary/aromatic N) is 3. The largest absolute Gasteiger partial charge is 0.344 e. The zero-order valence-corrected chi connectivity index (χ0v) is 12.3. The quantitative estimate of drug-likeness (QED) is 0.760. The van der Waals surface area contributed by atoms with Crippen LogP contribution < -0.4 is 5.73 Å². The first-order valence-electron chi connectivity index (χ1n) is 7.60. The molecule has 0 aromatic carbocycles. The topological polar surface area (TPSA) is 52.8 Å². The van der Waals surface area contributed by atoms with E-state index in [2.05, 4.69) is 16.7 Å². The van der Waals surface area contributed by atoms with Crippen molar-refractivity contribution in [2.75, 3.05) is 46.3 Å². The Kier molecular flexibility index (Phi) is 5.19. The molecular formula is C14H28N4O. The van der Waals surface area contributed by atoms with Gasteiger partial charge in [0, 0.05) is 52.4 Å². The van der Waals surface area contributed by atoms with Crippen LogP contribution in [0.3, 0.4) is 0 Å². The Hall–Kier alpha value is -0.650. The van der Waals surface area contributed by atoms with Gasteiger partial charge in [-0.3, -0.25) is 14.6 Å². The van der Waals surface area contributed by atoms with Crippen molar-refractivity contribution in [1.29, 1.82) is 0 Å². The van der Waals surface area contributed by atoms with Gasteiger partial charge < -0.3 is 10.6 Å². The molecule has 1 amide bonds. The van der Waals surface area contributed by atoms with E-state index >= 15 is 0 Å². The van der Waals surface area contributed by atoms with Crippen LogP contribution in [-0.4, -0.2) is 79.0 Å². The van der Waals surface area contributed by atoms with Gasteiger partial charge in [-0.15, -0.1) is 0 Å². The van der Waals surface area contributed by atoms with E-state index in [1.165, 1.54) is 12.8 Å². The fourth-order valence-electron chi connectivity index (χ4n) is 3.34. The lowest BCUT2D eigenvalue weighted by atomic mass is 10.1. The molecule has 110 valence electrons. The molecule has 2 fully saturated rings. The molecule has 2 aliphatic heterocycles. The average Bonchev–Trinajstić information content (AvgIpc) is 2.77. The maximum absolute atomic E-state index is 12.0. The number of rotatable bonds is 5. The summed E-state index contributed by atoms with van der Waals surface area (Å²) in [5.41, 5.74) is 5.87. The highest BCUT2D eigenvalue weighted by molar-refractivity contribution is 5.83. The number of likely N-dealkylation sites (tertiary alicyclic amines) is 1. The molecule has 2 heterocycles. The number of amides is 1. The molecular weight excluding hydrogens is 240 g/mol. The maximum Gasteiger partial charge on any atom is 0.239 e. The summed E-state index contributed by atoms with van der Waals surface area (Å²) in [4.78, 5) is 18.8. The number of carbonyl (C=O) groups excluding carboxylic acids is 1. The third-order valence-electron chi connectivity index (χ3n) is 4.60. The Morgan fingerprint density at radius 2 is 1.95 bits per heavy atom. The Morgan fingerprint density at radius 1 is 1.26 bits per heavy atom. The monoisotopic (exact) mass is 268 g/mol. The van der Waals surface area contributed by atoms with Crippen LogP contribution in [0.1, 0.15) is 26.2 Å². The number of hydrogen-bond acceptors (Lipinski definition) is 4. The molecule has 0 bridgehead atoms. The van der Waals surface area contributed by atoms with E-state index in [1.54, 1.807) is 0 Å². The van der Waals surface area contributed by atoms with Crippen LogP contribution in [0, 0.1) is 0 Å². The van der Waals surface area contributed by atoms with E-state index < -0.39 is 0 Å². The molecule has 2 atom stereocenters. The highest BCUT2D eigenvalue weighted by Crippen LogP contribution is 2.19. The predicted molar refractivity (Wildman–Crippen MR) is 76.9 cm³/mol. The summed E-state index contributed by atoms with van der Waals surface area (Å²) in [5, 5.41) is 0. The first-order chi connectivity index (χ1) is 9.17. The molecule has 2 saturated heterocycles. The van der Waals surface area contributed by atoms with Gasteiger partial charge >= 0.3 is 0 Å². The fourth-order valence-corrected chi connectivity index (χ4v) is 3.34. The van der Waals surface area contributed by atoms with E-state index in [0.29, 0.717) is 11.9 Å². The van der Waals surface area contributed by atoms with Gasteiger partial charge in [-0.1, -0.05) is 13.3 Å². The van der Waals surface area contributed by atoms with Crippen LogP contribution in [0.4, 0.5) is 0 Å². The molecule has 0 spiro atoms. The summed E-state index contributed by atoms with van der Waals surface area (Å²) >= 11 is 0. The predicted octanol–water partition coefficient (Wildman–Crippen LogP) is -0.0379. The average molecular weight is 268 g/mol. The number of likely N-dealkylation sites (N-methyl/N-ethyl adjacent to an activating group) is 1. The van der Waals surface area contributed by atoms with Crippen LogP contribution in [-0.2, 0) is 4.79 Å². The van der Waals surface area contributed by atoms with Gasteiger partial charge in [0.2, 0.25) is 5.91 Å². The van der Waals surface area contributed by atoms with Crippen molar-refractivity contribution >= 4 is 5.91 Å². The minimum atomic E-state index is 0.134. The zero-order valence-electron chi connectivity index (χ0n) is 12.3. The Morgan fingerprint density at radius 3 is 2.42 bits per heavy atom. The molecule has 0 radical (unpaired) electrons. The summed E-state index contributed by atoms with van der Waals surface area (Å²) in [6.45, 7) is 7.98. The third-order valence-corrected chi connectivity index (χ3v) is 4.60. The molecule has 2 rings (SSSR count). The highest BCUT2D eigenvalue weighted by Gasteiger charge is 2.35. The van der Waals surface area contributed by atoms with Gasteiger partial charge in [0.15, 0.2) is 0 Å². The second-order valence-corrected chi connectivity index (χ2v) is 5.81. The Balaban J connectivity index is 1.83. The lowest BCUT2D eigenvalue weighted by Gasteiger charge is -2.40. The number of hydrogen-bond donors (Lipinski definition) is 1. The van der Waals surface area contributed by atoms with Crippen molar-refractivity contribution in [3.8, 4) is 0 Å². The van der Waals surface area contributed by atoms with Crippen LogP contribution in [0.15, 0.2) is 0 Å². The molecule has 0 aromatic heterocycles. The summed E-state index contributed by atoms with van der Waals surface area (Å²) in [7, 11) is 1.91. The third kappa shape index (κ3) is 3.27. The van der Waals surface area contributed by atoms with Crippen molar-refractivity contribution < 1.29 is 4.79 Å². The molecule has 0 saturated carbocycles. The molecule has 19 heavy (non-hydrogen) atoms. The number of nitrogens with two attached hydrogens (primary N) is 1. The molecule has 2 aliphatic rings. The van der Waals surface area contributed by atoms with Crippen molar-refractivity contribution in [1.82, 2.24) is 14.7 Å². The first-order valence-corrected chi connectivity index (χ1v) is 7.60. The molecule has 2 unspecified atom stereocenters. The van der Waals surface area contributed by atoms with Gasteiger partial charge in [-0.05, 0) is 12.8 Å². The van der Waals surface area contributed by atoms with E-state index in [0.717, 1.165) is 45.7 Å². The van der Waals surface area contributed by atoms with Gasteiger partial charge in [0.1, 0.15) is 0 Å². The maximum atomic E-state index is 12.0. The van der Waals surface area contributed by atoms with Crippen molar-refractivity contribution in [3.63, 3.8) is 0 Å². The standard InChI is InChI=1S/C14H28N4O/c1-3-4-12(11-15)17-7-9-18(10-8-17)13-5-6-16(2)14(13)19/h12-13H,3-11,15H2,1-2H3. The second kappa shape index (κ2) is 6.68. The molecule has 0 aromatic rings. The van der Waals surface area contributed by atoms with Crippen LogP contribution in [0.2, 0.25) is 0 Å². The Labute approximate surface area is 116 Å². The summed E-state index contributed by atoms with van der Waals surface area (Å²) in [6.07, 6.45) is 3.36. The van der Waals surface area contributed by atoms with Crippen molar-refractivity contribution in [3.05, 3.63) is 0 Å². The lowest BCUT2D eigenvalue weighted by Crippen LogP contribution is -2.55. The van der Waals surface area contributed by atoms with Gasteiger partial charge in [0.25, 0.3) is 0 Å². The van der Waals surface area contributed by atoms with Gasteiger partial charge in [-0.2, -0.15) is 0 Å². The summed E-state index contributed by atoms with van der Waals surface area (Å²) in [6, 6.07) is 0.656. The van der Waals surface area contributed by atoms with Gasteiger partial charge in [-0.25, -0.2) is 0 Å². The van der Waals surface area contributed by atoms with Crippen LogP contribution in [0.5, 0.6) is 0 Å². The van der Waals surface area contributed by atoms with Crippen LogP contribution in [0.25, 0.3) is 0 Å². The zero-order chi connectivity index (χ0) is 13.8. The smallest absolute Gasteiger partial charge is 0.239 e. The minimum Gasteiger partial charge on any atom is -0.344 e. The number of carbonyl (C=O) groups is 1. The van der Waals surface area contributed by atoms with E-state index in [4.69, 9.17) is 5.73 Å². The van der Waals surface area contributed by atoms with E-state index in [9.17, 15) is 4.79 Å². The summed E-state index contributed by atoms with van der Waals surface area (Å²) < 4.78 is 0. The molecule has 2 N–H and O–H groups in total. The van der Waals surface area contributed by atoms with Crippen LogP contribution >= 0.6 is 0 Å². The normalized spacial score (nSPS) is 28.1. The lowest BCUT2D eigenvalue weighted by molar-refractivity contribution is -0.131. The second-order valence-electron chi connectivity index (χ2n) is 5.81. The fraction of sp³-hybridized carbons (Fsp3) is 0.929. The molecule has 0 aliphatic carbocycles. The highest BCUT2D eigenvalue weighted by atomic mass is 16.2. The van der Waals surface area contributed by atoms with Crippen molar-refractivity contribution in [2.24, 2.45) is 5.73 Å². The van der Waals surface area contributed by atoms with E-state index in [-0.39, 0.29) is 6.04 Å².